The summed E-state index contributed by atoms with van der Waals surface area (Å²) in [6, 6.07) is 0. The lowest BCUT2D eigenvalue weighted by molar-refractivity contribution is 0.0957. The number of carbonyl (C=O) groups excluding carboxylic acids is 1. The van der Waals surface area contributed by atoms with Gasteiger partial charge in [0.2, 0.25) is 11.5 Å². The van der Waals surface area contributed by atoms with Crippen molar-refractivity contribution in [2.45, 2.75) is 6.92 Å². The standard InChI is InChI=1S/C7H10N2O3/c1-4-6(5(10)3-8-2)12-9-7(4)11/h8H,3H2,1-2H3,(H,9,11). The van der Waals surface area contributed by atoms with Gasteiger partial charge in [0, 0.05) is 0 Å². The van der Waals surface area contributed by atoms with Crippen LogP contribution in [0.4, 0.5) is 0 Å². The van der Waals surface area contributed by atoms with Crippen molar-refractivity contribution in [3.05, 3.63) is 21.7 Å². The Morgan fingerprint density at radius 2 is 2.33 bits per heavy atom. The molecule has 0 amide bonds. The van der Waals surface area contributed by atoms with Crippen LogP contribution < -0.4 is 10.9 Å². The second kappa shape index (κ2) is 3.36. The van der Waals surface area contributed by atoms with Gasteiger partial charge in [-0.15, -0.1) is 0 Å². The molecule has 0 saturated carbocycles. The van der Waals surface area contributed by atoms with Crippen LogP contribution in [0.5, 0.6) is 0 Å². The summed E-state index contributed by atoms with van der Waals surface area (Å²) in [4.78, 5) is 22.0. The second-order valence-electron chi connectivity index (χ2n) is 2.44. The van der Waals surface area contributed by atoms with E-state index < -0.39 is 0 Å². The van der Waals surface area contributed by atoms with Crippen molar-refractivity contribution < 1.29 is 9.32 Å². The van der Waals surface area contributed by atoms with Crippen molar-refractivity contribution in [2.75, 3.05) is 13.6 Å². The number of rotatable bonds is 3. The summed E-state index contributed by atoms with van der Waals surface area (Å²) >= 11 is 0. The lowest BCUT2D eigenvalue weighted by Crippen LogP contribution is -2.19. The lowest BCUT2D eigenvalue weighted by Gasteiger charge is -1.93. The molecule has 12 heavy (non-hydrogen) atoms. The van der Waals surface area contributed by atoms with Crippen LogP contribution in [0.25, 0.3) is 0 Å². The molecule has 5 nitrogen and oxygen atoms in total. The number of carbonyl (C=O) groups is 1. The Hall–Kier alpha value is -1.36. The van der Waals surface area contributed by atoms with E-state index in [9.17, 15) is 9.59 Å². The number of hydrogen-bond donors (Lipinski definition) is 2. The van der Waals surface area contributed by atoms with Gasteiger partial charge in [0.05, 0.1) is 12.1 Å². The maximum absolute atomic E-state index is 11.2. The zero-order chi connectivity index (χ0) is 9.14. The zero-order valence-corrected chi connectivity index (χ0v) is 6.93. The van der Waals surface area contributed by atoms with Gasteiger partial charge in [0.1, 0.15) is 0 Å². The second-order valence-corrected chi connectivity index (χ2v) is 2.44. The molecule has 0 unspecified atom stereocenters. The fourth-order valence-electron chi connectivity index (χ4n) is 0.860. The zero-order valence-electron chi connectivity index (χ0n) is 6.93. The molecule has 5 heteroatoms. The summed E-state index contributed by atoms with van der Waals surface area (Å²) in [6.45, 7) is 1.72. The highest BCUT2D eigenvalue weighted by molar-refractivity contribution is 5.96. The van der Waals surface area contributed by atoms with Gasteiger partial charge in [0.15, 0.2) is 0 Å². The van der Waals surface area contributed by atoms with Crippen LogP contribution in [0.1, 0.15) is 16.1 Å². The first-order valence-electron chi connectivity index (χ1n) is 3.52. The first-order chi connectivity index (χ1) is 5.66. The summed E-state index contributed by atoms with van der Waals surface area (Å²) in [5.41, 5.74) is -0.0234. The van der Waals surface area contributed by atoms with Gasteiger partial charge in [-0.3, -0.25) is 9.59 Å². The molecule has 0 saturated heterocycles. The molecular formula is C7H10N2O3. The number of aromatic amines is 1. The maximum atomic E-state index is 11.2. The number of ketones is 1. The predicted octanol–water partition coefficient (Wildman–Crippen LogP) is -0.322. The van der Waals surface area contributed by atoms with Crippen LogP contribution >= 0.6 is 0 Å². The highest BCUT2D eigenvalue weighted by atomic mass is 16.5. The quantitative estimate of drug-likeness (QED) is 0.609. The number of likely N-dealkylation sites (N-methyl/N-ethyl adjacent to an activating group) is 1. The van der Waals surface area contributed by atoms with E-state index in [1.54, 1.807) is 14.0 Å². The van der Waals surface area contributed by atoms with Gasteiger partial charge < -0.3 is 9.84 Å². The van der Waals surface area contributed by atoms with Crippen LogP contribution in [0, 0.1) is 6.92 Å². The van der Waals surface area contributed by atoms with Gasteiger partial charge in [-0.2, -0.15) is 5.16 Å². The monoisotopic (exact) mass is 170 g/mol. The van der Waals surface area contributed by atoms with E-state index >= 15 is 0 Å². The van der Waals surface area contributed by atoms with Gasteiger partial charge >= 0.3 is 0 Å². The first kappa shape index (κ1) is 8.73. The van der Waals surface area contributed by atoms with Crippen molar-refractivity contribution in [3.63, 3.8) is 0 Å². The molecule has 0 aliphatic heterocycles. The fraction of sp³-hybridized carbons (Fsp3) is 0.429. The van der Waals surface area contributed by atoms with E-state index in [1.165, 1.54) is 0 Å². The van der Waals surface area contributed by atoms with E-state index in [0.29, 0.717) is 5.56 Å². The average molecular weight is 170 g/mol. The molecule has 0 aliphatic rings. The minimum atomic E-state index is -0.352. The summed E-state index contributed by atoms with van der Waals surface area (Å²) in [7, 11) is 1.65. The Morgan fingerprint density at radius 3 is 2.75 bits per heavy atom. The molecule has 0 atom stereocenters. The third kappa shape index (κ3) is 1.45. The third-order valence-corrected chi connectivity index (χ3v) is 1.52. The number of Topliss-reactive ketones (excluding diaryl/α,β-unsaturated/α-hetero) is 1. The van der Waals surface area contributed by atoms with Crippen molar-refractivity contribution in [2.24, 2.45) is 0 Å². The van der Waals surface area contributed by atoms with Crippen molar-refractivity contribution in [3.8, 4) is 0 Å². The van der Waals surface area contributed by atoms with Gasteiger partial charge in [-0.25, -0.2) is 0 Å². The summed E-state index contributed by atoms with van der Waals surface area (Å²) in [6.07, 6.45) is 0. The minimum Gasteiger partial charge on any atom is -0.375 e. The van der Waals surface area contributed by atoms with E-state index in [-0.39, 0.29) is 23.6 Å². The average Bonchev–Trinajstić information content (AvgIpc) is 2.34. The van der Waals surface area contributed by atoms with Crippen molar-refractivity contribution in [1.29, 1.82) is 0 Å². The smallest absolute Gasteiger partial charge is 0.283 e. The molecule has 1 aromatic rings. The number of aromatic nitrogens is 1. The third-order valence-electron chi connectivity index (χ3n) is 1.52. The summed E-state index contributed by atoms with van der Waals surface area (Å²) < 4.78 is 4.68. The lowest BCUT2D eigenvalue weighted by atomic mass is 10.2. The van der Waals surface area contributed by atoms with Crippen molar-refractivity contribution >= 4 is 5.78 Å². The molecule has 0 spiro atoms. The summed E-state index contributed by atoms with van der Waals surface area (Å²) in [5.74, 6) is -0.122. The molecule has 0 aromatic carbocycles. The Bertz CT molecular complexity index is 337. The van der Waals surface area contributed by atoms with E-state index in [0.717, 1.165) is 0 Å². The van der Waals surface area contributed by atoms with Crippen LogP contribution in [-0.4, -0.2) is 24.5 Å². The molecule has 0 fully saturated rings. The molecule has 0 aliphatic carbocycles. The highest BCUT2D eigenvalue weighted by Crippen LogP contribution is 2.00. The van der Waals surface area contributed by atoms with Crippen LogP contribution in [0.2, 0.25) is 0 Å². The minimum absolute atomic E-state index is 0.106. The normalized spacial score (nSPS) is 10.2. The number of hydrogen-bond acceptors (Lipinski definition) is 4. The predicted molar refractivity (Wildman–Crippen MR) is 42.3 cm³/mol. The van der Waals surface area contributed by atoms with Gasteiger partial charge in [-0.1, -0.05) is 0 Å². The number of H-pyrrole nitrogens is 1. The van der Waals surface area contributed by atoms with Gasteiger partial charge in [-0.05, 0) is 14.0 Å². The Labute approximate surface area is 68.7 Å². The molecule has 1 rings (SSSR count). The Kier molecular flexibility index (Phi) is 2.44. The molecule has 0 bridgehead atoms. The van der Waals surface area contributed by atoms with Gasteiger partial charge in [0.25, 0.3) is 5.56 Å². The summed E-state index contributed by atoms with van der Waals surface area (Å²) in [5, 5.41) is 4.77. The molecule has 1 heterocycles. The molecule has 0 radical (unpaired) electrons. The highest BCUT2D eigenvalue weighted by Gasteiger charge is 2.14. The molecule has 66 valence electrons. The van der Waals surface area contributed by atoms with E-state index in [1.807, 2.05) is 0 Å². The molecule has 1 aromatic heterocycles. The number of nitrogens with one attached hydrogen (secondary N) is 2. The van der Waals surface area contributed by atoms with Crippen LogP contribution in [-0.2, 0) is 0 Å². The Morgan fingerprint density at radius 1 is 1.67 bits per heavy atom. The van der Waals surface area contributed by atoms with E-state index in [4.69, 9.17) is 0 Å². The fourth-order valence-corrected chi connectivity index (χ4v) is 0.860. The largest absolute Gasteiger partial charge is 0.375 e. The van der Waals surface area contributed by atoms with Crippen LogP contribution in [0.3, 0.4) is 0 Å². The molecular weight excluding hydrogens is 160 g/mol. The molecule has 2 N–H and O–H groups in total. The van der Waals surface area contributed by atoms with Crippen LogP contribution in [0.15, 0.2) is 9.32 Å². The Balaban J connectivity index is 2.96. The van der Waals surface area contributed by atoms with Crippen molar-refractivity contribution in [1.82, 2.24) is 10.5 Å². The SMILES string of the molecule is CNCC(=O)c1o[nH]c(=O)c1C. The topological polar surface area (TPSA) is 75.1 Å². The van der Waals surface area contributed by atoms with E-state index in [2.05, 4.69) is 15.0 Å². The maximum Gasteiger partial charge on any atom is 0.283 e. The first-order valence-corrected chi connectivity index (χ1v) is 3.52.